The molecule has 1 N–H and O–H groups in total. The molecule has 1 aliphatic carbocycles. The Kier molecular flexibility index (Phi) is 7.28. The van der Waals surface area contributed by atoms with E-state index in [4.69, 9.17) is 4.74 Å². The molecule has 1 aliphatic rings. The van der Waals surface area contributed by atoms with Crippen LogP contribution in [0.5, 0.6) is 0 Å². The molecule has 0 atom stereocenters. The van der Waals surface area contributed by atoms with Gasteiger partial charge in [0.2, 0.25) is 0 Å². The molecule has 4 nitrogen and oxygen atoms in total. The van der Waals surface area contributed by atoms with Crippen LogP contribution in [0.15, 0.2) is 0 Å². The average Bonchev–Trinajstić information content (AvgIpc) is 2.38. The van der Waals surface area contributed by atoms with Crippen molar-refractivity contribution < 1.29 is 9.53 Å². The van der Waals surface area contributed by atoms with E-state index >= 15 is 0 Å². The van der Waals surface area contributed by atoms with Gasteiger partial charge in [0.15, 0.2) is 0 Å². The summed E-state index contributed by atoms with van der Waals surface area (Å²) in [4.78, 5) is 13.6. The fourth-order valence-corrected chi connectivity index (χ4v) is 2.60. The van der Waals surface area contributed by atoms with Gasteiger partial charge in [-0.1, -0.05) is 0 Å². The molecule has 106 valence electrons. The van der Waals surface area contributed by atoms with Gasteiger partial charge in [-0.3, -0.25) is 4.79 Å². The quantitative estimate of drug-likeness (QED) is 0.554. The Labute approximate surface area is 111 Å². The van der Waals surface area contributed by atoms with E-state index in [-0.39, 0.29) is 11.9 Å². The Bertz CT molecular complexity index is 236. The van der Waals surface area contributed by atoms with Crippen LogP contribution in [0.2, 0.25) is 0 Å². The number of hydrogen-bond acceptors (Lipinski definition) is 4. The minimum Gasteiger partial charge on any atom is -0.469 e. The van der Waals surface area contributed by atoms with Gasteiger partial charge in [0.05, 0.1) is 13.0 Å². The molecule has 0 unspecified atom stereocenters. The van der Waals surface area contributed by atoms with Crippen molar-refractivity contribution in [3.05, 3.63) is 0 Å². The van der Waals surface area contributed by atoms with E-state index in [1.54, 1.807) is 0 Å². The van der Waals surface area contributed by atoms with E-state index in [9.17, 15) is 4.79 Å². The van der Waals surface area contributed by atoms with Crippen molar-refractivity contribution in [1.29, 1.82) is 0 Å². The number of ether oxygens (including phenoxy) is 1. The summed E-state index contributed by atoms with van der Waals surface area (Å²) >= 11 is 0. The van der Waals surface area contributed by atoms with Crippen LogP contribution in [-0.4, -0.2) is 51.7 Å². The molecule has 0 aromatic rings. The van der Waals surface area contributed by atoms with Crippen LogP contribution in [0.3, 0.4) is 0 Å². The summed E-state index contributed by atoms with van der Waals surface area (Å²) in [7, 11) is 5.70. The molecule has 1 rings (SSSR count). The van der Waals surface area contributed by atoms with E-state index in [1.165, 1.54) is 13.5 Å². The zero-order valence-electron chi connectivity index (χ0n) is 12.1. The molecular formula is C14H28N2O2. The van der Waals surface area contributed by atoms with E-state index in [0.717, 1.165) is 51.2 Å². The highest BCUT2D eigenvalue weighted by atomic mass is 16.5. The van der Waals surface area contributed by atoms with E-state index < -0.39 is 0 Å². The van der Waals surface area contributed by atoms with Gasteiger partial charge in [-0.05, 0) is 71.8 Å². The van der Waals surface area contributed by atoms with Crippen LogP contribution >= 0.6 is 0 Å². The summed E-state index contributed by atoms with van der Waals surface area (Å²) in [6, 6.07) is 0. The molecule has 0 bridgehead atoms. The lowest BCUT2D eigenvalue weighted by Gasteiger charge is -2.27. The Morgan fingerprint density at radius 1 is 1.28 bits per heavy atom. The van der Waals surface area contributed by atoms with Gasteiger partial charge in [0.25, 0.3) is 0 Å². The number of rotatable bonds is 7. The lowest BCUT2D eigenvalue weighted by Crippen LogP contribution is -2.30. The summed E-state index contributed by atoms with van der Waals surface area (Å²) in [5.41, 5.74) is 0. The zero-order chi connectivity index (χ0) is 13.4. The third kappa shape index (κ3) is 5.83. The Balaban J connectivity index is 2.04. The van der Waals surface area contributed by atoms with Crippen molar-refractivity contribution in [2.75, 3.05) is 40.8 Å². The standard InChI is InChI=1S/C14H28N2O2/c1-16(2)10-4-9-15-11-12-5-7-13(8-6-12)14(17)18-3/h12-13,15H,4-11H2,1-3H3. The number of nitrogens with one attached hydrogen (secondary N) is 1. The first kappa shape index (κ1) is 15.4. The van der Waals surface area contributed by atoms with Crippen LogP contribution in [0.25, 0.3) is 0 Å². The largest absolute Gasteiger partial charge is 0.469 e. The second kappa shape index (κ2) is 8.48. The van der Waals surface area contributed by atoms with E-state index in [2.05, 4.69) is 24.3 Å². The molecule has 1 fully saturated rings. The van der Waals surface area contributed by atoms with Crippen LogP contribution < -0.4 is 5.32 Å². The van der Waals surface area contributed by atoms with Gasteiger partial charge in [0.1, 0.15) is 0 Å². The van der Waals surface area contributed by atoms with Gasteiger partial charge in [-0.15, -0.1) is 0 Å². The summed E-state index contributed by atoms with van der Waals surface area (Å²) in [6.07, 6.45) is 5.50. The molecule has 0 saturated heterocycles. The molecule has 1 saturated carbocycles. The van der Waals surface area contributed by atoms with Crippen LogP contribution in [0.1, 0.15) is 32.1 Å². The maximum atomic E-state index is 11.4. The second-order valence-corrected chi connectivity index (χ2v) is 5.60. The fourth-order valence-electron chi connectivity index (χ4n) is 2.60. The van der Waals surface area contributed by atoms with Crippen molar-refractivity contribution in [3.63, 3.8) is 0 Å². The highest BCUT2D eigenvalue weighted by molar-refractivity contribution is 5.72. The van der Waals surface area contributed by atoms with Crippen molar-refractivity contribution >= 4 is 5.97 Å². The van der Waals surface area contributed by atoms with Crippen molar-refractivity contribution in [2.45, 2.75) is 32.1 Å². The number of esters is 1. The maximum absolute atomic E-state index is 11.4. The first-order valence-electron chi connectivity index (χ1n) is 7.06. The number of methoxy groups -OCH3 is 1. The minimum absolute atomic E-state index is 0.0209. The second-order valence-electron chi connectivity index (χ2n) is 5.60. The summed E-state index contributed by atoms with van der Waals surface area (Å²) in [6.45, 7) is 3.33. The molecular weight excluding hydrogens is 228 g/mol. The molecule has 0 radical (unpaired) electrons. The highest BCUT2D eigenvalue weighted by Crippen LogP contribution is 2.28. The average molecular weight is 256 g/mol. The van der Waals surface area contributed by atoms with Gasteiger partial charge in [-0.2, -0.15) is 0 Å². The number of carbonyl (C=O) groups is 1. The number of carbonyl (C=O) groups excluding carboxylic acids is 1. The van der Waals surface area contributed by atoms with Gasteiger partial charge >= 0.3 is 5.97 Å². The van der Waals surface area contributed by atoms with Crippen LogP contribution in [0, 0.1) is 11.8 Å². The Morgan fingerprint density at radius 3 is 2.50 bits per heavy atom. The number of nitrogens with zero attached hydrogens (tertiary/aromatic N) is 1. The lowest BCUT2D eigenvalue weighted by molar-refractivity contribution is -0.146. The third-order valence-corrected chi connectivity index (χ3v) is 3.77. The molecule has 0 aromatic carbocycles. The lowest BCUT2D eigenvalue weighted by atomic mass is 9.82. The van der Waals surface area contributed by atoms with E-state index in [0.29, 0.717) is 0 Å². The minimum atomic E-state index is -0.0209. The van der Waals surface area contributed by atoms with Crippen molar-refractivity contribution in [1.82, 2.24) is 10.2 Å². The molecule has 4 heteroatoms. The van der Waals surface area contributed by atoms with Crippen LogP contribution in [-0.2, 0) is 9.53 Å². The molecule has 0 aromatic heterocycles. The summed E-state index contributed by atoms with van der Waals surface area (Å²) in [5, 5.41) is 3.53. The monoisotopic (exact) mass is 256 g/mol. The van der Waals surface area contributed by atoms with Crippen LogP contribution in [0.4, 0.5) is 0 Å². The first-order chi connectivity index (χ1) is 8.63. The summed E-state index contributed by atoms with van der Waals surface area (Å²) in [5.74, 6) is 0.873. The van der Waals surface area contributed by atoms with Gasteiger partial charge in [0, 0.05) is 0 Å². The Hall–Kier alpha value is -0.610. The van der Waals surface area contributed by atoms with E-state index in [1.807, 2.05) is 0 Å². The fraction of sp³-hybridized carbons (Fsp3) is 0.929. The predicted octanol–water partition coefficient (Wildman–Crippen LogP) is 1.51. The zero-order valence-corrected chi connectivity index (χ0v) is 12.1. The summed E-state index contributed by atoms with van der Waals surface area (Å²) < 4.78 is 4.80. The van der Waals surface area contributed by atoms with Crippen molar-refractivity contribution in [2.24, 2.45) is 11.8 Å². The Morgan fingerprint density at radius 2 is 1.94 bits per heavy atom. The highest BCUT2D eigenvalue weighted by Gasteiger charge is 2.26. The SMILES string of the molecule is COC(=O)C1CCC(CNCCCN(C)C)CC1. The van der Waals surface area contributed by atoms with Gasteiger partial charge in [-0.25, -0.2) is 0 Å². The topological polar surface area (TPSA) is 41.6 Å². The number of hydrogen-bond donors (Lipinski definition) is 1. The molecule has 0 spiro atoms. The molecule has 0 heterocycles. The van der Waals surface area contributed by atoms with Gasteiger partial charge < -0.3 is 15.0 Å². The smallest absolute Gasteiger partial charge is 0.308 e. The molecule has 0 aliphatic heterocycles. The molecule has 18 heavy (non-hydrogen) atoms. The predicted molar refractivity (Wildman–Crippen MR) is 73.5 cm³/mol. The normalized spacial score (nSPS) is 24.2. The first-order valence-corrected chi connectivity index (χ1v) is 7.06. The van der Waals surface area contributed by atoms with Crippen molar-refractivity contribution in [3.8, 4) is 0 Å². The molecule has 0 amide bonds. The third-order valence-electron chi connectivity index (χ3n) is 3.77. The maximum Gasteiger partial charge on any atom is 0.308 e.